The maximum Gasteiger partial charge on any atom is 0.297 e. The van der Waals surface area contributed by atoms with Crippen molar-refractivity contribution in [2.75, 3.05) is 13.2 Å². The van der Waals surface area contributed by atoms with Gasteiger partial charge in [0, 0.05) is 66.4 Å². The number of benzene rings is 2. The van der Waals surface area contributed by atoms with Gasteiger partial charge < -0.3 is 18.8 Å². The molecule has 0 radical (unpaired) electrons. The maximum atomic E-state index is 12.3. The number of hydrogen-bond donors (Lipinski definition) is 0. The zero-order valence-electron chi connectivity index (χ0n) is 27.9. The fraction of sp³-hybridized carbons (Fsp3) is 0.256. The lowest BCUT2D eigenvalue weighted by Gasteiger charge is -2.34. The standard InChI is InChI=1S/C39H36N4O6S/c1-26-6-12-34(13-7-26)50(44,45)47-25-27(2)46-18-4-5-30-10-11-31(23-41-30)48-32-20-33(21-32)49-39-15-9-29(22-42-39)28-8-14-35-36-24-40-17-16-37(36)43(3)38(35)19-28/h6-17,19,22-24,27,32-33H,18,20-21,25H2,1-3H3. The lowest BCUT2D eigenvalue weighted by Crippen LogP contribution is -2.41. The zero-order chi connectivity index (χ0) is 34.7. The minimum Gasteiger partial charge on any atom is -0.489 e. The number of pyridine rings is 3. The maximum absolute atomic E-state index is 12.3. The van der Waals surface area contributed by atoms with Crippen molar-refractivity contribution in [2.24, 2.45) is 7.05 Å². The smallest absolute Gasteiger partial charge is 0.297 e. The summed E-state index contributed by atoms with van der Waals surface area (Å²) in [5.41, 5.74) is 5.97. The van der Waals surface area contributed by atoms with E-state index >= 15 is 0 Å². The molecule has 0 aliphatic heterocycles. The van der Waals surface area contributed by atoms with E-state index in [1.165, 1.54) is 17.5 Å². The summed E-state index contributed by atoms with van der Waals surface area (Å²) in [5.74, 6) is 7.10. The van der Waals surface area contributed by atoms with Gasteiger partial charge >= 0.3 is 0 Å². The molecule has 6 aromatic rings. The molecule has 1 fully saturated rings. The summed E-state index contributed by atoms with van der Waals surface area (Å²) in [6.07, 6.45) is 8.35. The van der Waals surface area contributed by atoms with Gasteiger partial charge in [-0.1, -0.05) is 35.7 Å². The van der Waals surface area contributed by atoms with Crippen LogP contribution in [0.15, 0.2) is 102 Å². The van der Waals surface area contributed by atoms with Crippen LogP contribution in [0.4, 0.5) is 0 Å². The van der Waals surface area contributed by atoms with Crippen LogP contribution in [-0.4, -0.2) is 59.5 Å². The summed E-state index contributed by atoms with van der Waals surface area (Å²) >= 11 is 0. The normalized spacial score (nSPS) is 16.4. The van der Waals surface area contributed by atoms with Crippen molar-refractivity contribution >= 4 is 31.9 Å². The van der Waals surface area contributed by atoms with Crippen LogP contribution in [0.2, 0.25) is 0 Å². The molecular formula is C39H36N4O6S. The van der Waals surface area contributed by atoms with Crippen LogP contribution in [0.1, 0.15) is 31.0 Å². The van der Waals surface area contributed by atoms with Crippen LogP contribution in [0, 0.1) is 18.8 Å². The molecule has 0 saturated heterocycles. The molecule has 0 spiro atoms. The Hall–Kier alpha value is -5.28. The average Bonchev–Trinajstić information content (AvgIpc) is 3.40. The highest BCUT2D eigenvalue weighted by Gasteiger charge is 2.33. The van der Waals surface area contributed by atoms with E-state index in [-0.39, 0.29) is 30.3 Å². The molecule has 1 aliphatic rings. The summed E-state index contributed by atoms with van der Waals surface area (Å²) in [5, 5.41) is 2.33. The Balaban J connectivity index is 0.834. The fourth-order valence-electron chi connectivity index (χ4n) is 5.77. The van der Waals surface area contributed by atoms with E-state index in [9.17, 15) is 8.42 Å². The van der Waals surface area contributed by atoms with Crippen molar-refractivity contribution < 1.29 is 26.8 Å². The Labute approximate surface area is 291 Å². The molecule has 1 saturated carbocycles. The lowest BCUT2D eigenvalue weighted by atomic mass is 9.92. The van der Waals surface area contributed by atoms with E-state index in [0.29, 0.717) is 17.3 Å². The summed E-state index contributed by atoms with van der Waals surface area (Å²) < 4.78 is 49.8. The van der Waals surface area contributed by atoms with Gasteiger partial charge in [0.05, 0.1) is 29.3 Å². The van der Waals surface area contributed by atoms with E-state index in [1.807, 2.05) is 49.8 Å². The minimum atomic E-state index is -3.84. The van der Waals surface area contributed by atoms with Gasteiger partial charge in [0.15, 0.2) is 0 Å². The third-order valence-corrected chi connectivity index (χ3v) is 9.98. The summed E-state index contributed by atoms with van der Waals surface area (Å²) in [6.45, 7) is 3.61. The molecule has 10 nitrogen and oxygen atoms in total. The minimum absolute atomic E-state index is 0.0349. The van der Waals surface area contributed by atoms with Crippen LogP contribution < -0.4 is 9.47 Å². The average molecular weight is 689 g/mol. The Kier molecular flexibility index (Phi) is 9.50. The topological polar surface area (TPSA) is 115 Å². The third kappa shape index (κ3) is 7.48. The lowest BCUT2D eigenvalue weighted by molar-refractivity contribution is 0.00209. The van der Waals surface area contributed by atoms with Gasteiger partial charge in [0.1, 0.15) is 30.3 Å². The number of aromatic nitrogens is 4. The second-order valence-corrected chi connectivity index (χ2v) is 14.0. The van der Waals surface area contributed by atoms with Crippen molar-refractivity contribution in [1.82, 2.24) is 19.5 Å². The first-order valence-electron chi connectivity index (χ1n) is 16.4. The fourth-order valence-corrected chi connectivity index (χ4v) is 6.74. The van der Waals surface area contributed by atoms with Crippen molar-refractivity contribution in [2.45, 2.75) is 49.9 Å². The first kappa shape index (κ1) is 33.2. The van der Waals surface area contributed by atoms with Crippen LogP contribution in [0.3, 0.4) is 0 Å². The Morgan fingerprint density at radius 1 is 0.860 bits per heavy atom. The van der Waals surface area contributed by atoms with Gasteiger partial charge in [0.2, 0.25) is 5.88 Å². The van der Waals surface area contributed by atoms with Crippen molar-refractivity contribution in [1.29, 1.82) is 0 Å². The molecule has 2 aromatic carbocycles. The Bertz CT molecular complexity index is 2290. The predicted molar refractivity (Wildman–Crippen MR) is 190 cm³/mol. The number of hydrogen-bond acceptors (Lipinski definition) is 9. The number of rotatable bonds is 11. The molecule has 0 bridgehead atoms. The van der Waals surface area contributed by atoms with Crippen LogP contribution >= 0.6 is 0 Å². The molecule has 50 heavy (non-hydrogen) atoms. The number of aryl methyl sites for hydroxylation is 2. The summed E-state index contributed by atoms with van der Waals surface area (Å²) in [7, 11) is -1.77. The van der Waals surface area contributed by atoms with Crippen LogP contribution in [0.5, 0.6) is 11.6 Å². The first-order valence-corrected chi connectivity index (χ1v) is 17.8. The molecule has 0 N–H and O–H groups in total. The molecule has 1 unspecified atom stereocenters. The van der Waals surface area contributed by atoms with Crippen molar-refractivity contribution in [3.05, 3.63) is 109 Å². The van der Waals surface area contributed by atoms with Gasteiger partial charge in [-0.15, -0.1) is 0 Å². The van der Waals surface area contributed by atoms with Gasteiger partial charge in [-0.3, -0.25) is 9.17 Å². The predicted octanol–water partition coefficient (Wildman–Crippen LogP) is 6.64. The SMILES string of the molecule is Cc1ccc(S(=O)(=O)OCC(C)OCC#Cc2ccc(OC3CC(Oc4ccc(-c5ccc6c7cnccc7n(C)c6c5)cn4)C3)cn2)cc1. The van der Waals surface area contributed by atoms with Crippen molar-refractivity contribution in [3.8, 4) is 34.6 Å². The highest BCUT2D eigenvalue weighted by molar-refractivity contribution is 7.86. The monoisotopic (exact) mass is 688 g/mol. The molecule has 0 amide bonds. The number of fused-ring (bicyclic) bond motifs is 3. The van der Waals surface area contributed by atoms with E-state index < -0.39 is 16.2 Å². The highest BCUT2D eigenvalue weighted by atomic mass is 32.2. The van der Waals surface area contributed by atoms with Crippen LogP contribution in [-0.2, 0) is 26.1 Å². The third-order valence-electron chi connectivity index (χ3n) is 8.68. The Morgan fingerprint density at radius 2 is 1.66 bits per heavy atom. The van der Waals surface area contributed by atoms with Crippen molar-refractivity contribution in [3.63, 3.8) is 0 Å². The first-order chi connectivity index (χ1) is 24.2. The Morgan fingerprint density at radius 3 is 2.42 bits per heavy atom. The van der Waals surface area contributed by atoms with E-state index in [1.54, 1.807) is 31.3 Å². The van der Waals surface area contributed by atoms with Gasteiger partial charge in [-0.25, -0.2) is 9.97 Å². The zero-order valence-corrected chi connectivity index (χ0v) is 28.8. The number of nitrogens with zero attached hydrogens (tertiary/aromatic N) is 4. The highest BCUT2D eigenvalue weighted by Crippen LogP contribution is 2.33. The molecule has 1 aliphatic carbocycles. The van der Waals surface area contributed by atoms with E-state index in [0.717, 1.165) is 46.0 Å². The van der Waals surface area contributed by atoms with E-state index in [2.05, 4.69) is 56.6 Å². The second kappa shape index (κ2) is 14.3. The molecule has 4 heterocycles. The quantitative estimate of drug-likeness (QED) is 0.109. The largest absolute Gasteiger partial charge is 0.489 e. The summed E-state index contributed by atoms with van der Waals surface area (Å²) in [6, 6.07) is 22.6. The summed E-state index contributed by atoms with van der Waals surface area (Å²) in [4.78, 5) is 13.3. The van der Waals surface area contributed by atoms with Gasteiger partial charge in [0.25, 0.3) is 10.1 Å². The van der Waals surface area contributed by atoms with Crippen LogP contribution in [0.25, 0.3) is 32.9 Å². The van der Waals surface area contributed by atoms with E-state index in [4.69, 9.17) is 18.4 Å². The van der Waals surface area contributed by atoms with Gasteiger partial charge in [-0.05, 0) is 67.8 Å². The number of ether oxygens (including phenoxy) is 3. The molecule has 1 atom stereocenters. The second-order valence-electron chi connectivity index (χ2n) is 12.4. The van der Waals surface area contributed by atoms with Gasteiger partial charge in [-0.2, -0.15) is 8.42 Å². The molecule has 11 heteroatoms. The molecule has 7 rings (SSSR count). The molecular weight excluding hydrogens is 653 g/mol. The molecule has 254 valence electrons. The molecule has 4 aromatic heterocycles.